The molecule has 0 aliphatic carbocycles. The maximum absolute atomic E-state index is 12.4. The van der Waals surface area contributed by atoms with Gasteiger partial charge in [-0.1, -0.05) is 0 Å². The third-order valence-corrected chi connectivity index (χ3v) is 5.12. The molecule has 29 heavy (non-hydrogen) atoms. The number of ether oxygens (including phenoxy) is 1. The molecule has 1 aromatic carbocycles. The number of amides is 1. The van der Waals surface area contributed by atoms with Crippen molar-refractivity contribution in [1.29, 1.82) is 0 Å². The van der Waals surface area contributed by atoms with Gasteiger partial charge in [0, 0.05) is 50.2 Å². The van der Waals surface area contributed by atoms with Gasteiger partial charge in [-0.2, -0.15) is 0 Å². The molecule has 0 bridgehead atoms. The topological polar surface area (TPSA) is 60.9 Å². The van der Waals surface area contributed by atoms with E-state index >= 15 is 0 Å². The SMILES string of the molecule is COc1ccc(N2CCN(c3cc(C(=O)NCCCN(C)C)ccn3)CC2)cc1. The van der Waals surface area contributed by atoms with Crippen molar-refractivity contribution in [3.8, 4) is 5.75 Å². The van der Waals surface area contributed by atoms with Crippen molar-refractivity contribution in [2.75, 3.05) is 70.3 Å². The highest BCUT2D eigenvalue weighted by atomic mass is 16.5. The van der Waals surface area contributed by atoms with E-state index in [1.807, 2.05) is 32.3 Å². The summed E-state index contributed by atoms with van der Waals surface area (Å²) in [5.41, 5.74) is 1.86. The van der Waals surface area contributed by atoms with Crippen LogP contribution in [-0.2, 0) is 0 Å². The first kappa shape index (κ1) is 20.9. The fourth-order valence-corrected chi connectivity index (χ4v) is 3.42. The summed E-state index contributed by atoms with van der Waals surface area (Å²) in [6.07, 6.45) is 2.66. The zero-order valence-corrected chi connectivity index (χ0v) is 17.6. The Morgan fingerprint density at radius 3 is 2.45 bits per heavy atom. The van der Waals surface area contributed by atoms with Gasteiger partial charge in [-0.15, -0.1) is 0 Å². The Balaban J connectivity index is 1.54. The molecule has 0 unspecified atom stereocenters. The lowest BCUT2D eigenvalue weighted by atomic mass is 10.2. The van der Waals surface area contributed by atoms with Gasteiger partial charge in [-0.3, -0.25) is 4.79 Å². The summed E-state index contributed by atoms with van der Waals surface area (Å²) in [7, 11) is 5.75. The van der Waals surface area contributed by atoms with Crippen LogP contribution in [0.5, 0.6) is 5.75 Å². The Morgan fingerprint density at radius 1 is 1.10 bits per heavy atom. The molecule has 0 spiro atoms. The second kappa shape index (κ2) is 10.1. The van der Waals surface area contributed by atoms with E-state index in [0.29, 0.717) is 12.1 Å². The number of nitrogens with zero attached hydrogens (tertiary/aromatic N) is 4. The summed E-state index contributed by atoms with van der Waals surface area (Å²) < 4.78 is 5.23. The number of hydrogen-bond acceptors (Lipinski definition) is 6. The van der Waals surface area contributed by atoms with Crippen LogP contribution in [0, 0.1) is 0 Å². The molecule has 1 amide bonds. The normalized spacial score (nSPS) is 14.2. The number of carbonyl (C=O) groups is 1. The molecule has 0 saturated carbocycles. The summed E-state index contributed by atoms with van der Waals surface area (Å²) in [5.74, 6) is 1.69. The quantitative estimate of drug-likeness (QED) is 0.689. The van der Waals surface area contributed by atoms with E-state index in [1.165, 1.54) is 5.69 Å². The minimum atomic E-state index is -0.0377. The van der Waals surface area contributed by atoms with Gasteiger partial charge in [-0.25, -0.2) is 4.98 Å². The molecule has 7 heteroatoms. The van der Waals surface area contributed by atoms with Gasteiger partial charge in [0.1, 0.15) is 11.6 Å². The third-order valence-electron chi connectivity index (χ3n) is 5.12. The summed E-state index contributed by atoms with van der Waals surface area (Å²) >= 11 is 0. The number of nitrogens with one attached hydrogen (secondary N) is 1. The smallest absolute Gasteiger partial charge is 0.251 e. The highest BCUT2D eigenvalue weighted by Gasteiger charge is 2.19. The monoisotopic (exact) mass is 397 g/mol. The molecular weight excluding hydrogens is 366 g/mol. The lowest BCUT2D eigenvalue weighted by molar-refractivity contribution is 0.0952. The van der Waals surface area contributed by atoms with Gasteiger partial charge in [0.2, 0.25) is 0 Å². The largest absolute Gasteiger partial charge is 0.497 e. The molecule has 1 fully saturated rings. The highest BCUT2D eigenvalue weighted by Crippen LogP contribution is 2.22. The standard InChI is InChI=1S/C22H31N5O2/c1-25(2)12-4-10-24-22(28)18-9-11-23-21(17-18)27-15-13-26(14-16-27)19-5-7-20(29-3)8-6-19/h5-9,11,17H,4,10,12-16H2,1-3H3,(H,24,28). The summed E-state index contributed by atoms with van der Waals surface area (Å²) in [6.45, 7) is 5.19. The van der Waals surface area contributed by atoms with Crippen LogP contribution in [0.2, 0.25) is 0 Å². The number of anilines is 2. The average molecular weight is 398 g/mol. The number of hydrogen-bond donors (Lipinski definition) is 1. The summed E-state index contributed by atoms with van der Waals surface area (Å²) in [4.78, 5) is 23.6. The Labute approximate surface area is 173 Å². The van der Waals surface area contributed by atoms with Crippen molar-refractivity contribution in [1.82, 2.24) is 15.2 Å². The molecular formula is C22H31N5O2. The predicted molar refractivity (Wildman–Crippen MR) is 117 cm³/mol. The van der Waals surface area contributed by atoms with Gasteiger partial charge in [0.25, 0.3) is 5.91 Å². The fourth-order valence-electron chi connectivity index (χ4n) is 3.42. The molecule has 1 aliphatic heterocycles. The number of methoxy groups -OCH3 is 1. The molecule has 2 aromatic rings. The van der Waals surface area contributed by atoms with E-state index in [1.54, 1.807) is 19.4 Å². The van der Waals surface area contributed by atoms with Gasteiger partial charge in [0.05, 0.1) is 7.11 Å². The van der Waals surface area contributed by atoms with E-state index in [4.69, 9.17) is 4.74 Å². The van der Waals surface area contributed by atoms with Crippen LogP contribution < -0.4 is 19.9 Å². The van der Waals surface area contributed by atoms with Crippen LogP contribution in [0.3, 0.4) is 0 Å². The molecule has 1 aromatic heterocycles. The lowest BCUT2D eigenvalue weighted by Crippen LogP contribution is -2.46. The second-order valence-electron chi connectivity index (χ2n) is 7.49. The van der Waals surface area contributed by atoms with E-state index in [2.05, 4.69) is 37.1 Å². The molecule has 1 N–H and O–H groups in total. The molecule has 1 aliphatic rings. The molecule has 1 saturated heterocycles. The highest BCUT2D eigenvalue weighted by molar-refractivity contribution is 5.94. The first-order valence-corrected chi connectivity index (χ1v) is 10.1. The number of aromatic nitrogens is 1. The van der Waals surface area contributed by atoms with Crippen molar-refractivity contribution < 1.29 is 9.53 Å². The predicted octanol–water partition coefficient (Wildman–Crippen LogP) is 2.10. The summed E-state index contributed by atoms with van der Waals surface area (Å²) in [6, 6.07) is 11.8. The fraction of sp³-hybridized carbons (Fsp3) is 0.455. The van der Waals surface area contributed by atoms with Crippen LogP contribution in [-0.4, -0.2) is 76.3 Å². The number of piperazine rings is 1. The number of pyridine rings is 1. The first-order valence-electron chi connectivity index (χ1n) is 10.1. The molecule has 2 heterocycles. The first-order chi connectivity index (χ1) is 14.1. The lowest BCUT2D eigenvalue weighted by Gasteiger charge is -2.36. The van der Waals surface area contributed by atoms with Crippen LogP contribution in [0.1, 0.15) is 16.8 Å². The van der Waals surface area contributed by atoms with E-state index in [0.717, 1.165) is 50.7 Å². The van der Waals surface area contributed by atoms with Gasteiger partial charge < -0.3 is 24.8 Å². The van der Waals surface area contributed by atoms with Crippen molar-refractivity contribution in [2.45, 2.75) is 6.42 Å². The number of carbonyl (C=O) groups excluding carboxylic acids is 1. The molecule has 0 radical (unpaired) electrons. The maximum atomic E-state index is 12.4. The average Bonchev–Trinajstić information content (AvgIpc) is 2.77. The van der Waals surface area contributed by atoms with E-state index < -0.39 is 0 Å². The van der Waals surface area contributed by atoms with Gasteiger partial charge in [-0.05, 0) is 63.5 Å². The Hall–Kier alpha value is -2.80. The van der Waals surface area contributed by atoms with E-state index in [-0.39, 0.29) is 5.91 Å². The van der Waals surface area contributed by atoms with Crippen molar-refractivity contribution >= 4 is 17.4 Å². The minimum Gasteiger partial charge on any atom is -0.497 e. The number of benzene rings is 1. The van der Waals surface area contributed by atoms with Crippen LogP contribution in [0.25, 0.3) is 0 Å². The van der Waals surface area contributed by atoms with Crippen LogP contribution in [0.4, 0.5) is 11.5 Å². The Morgan fingerprint density at radius 2 is 1.79 bits per heavy atom. The Kier molecular flexibility index (Phi) is 7.30. The summed E-state index contributed by atoms with van der Waals surface area (Å²) in [5, 5.41) is 2.99. The molecule has 0 atom stereocenters. The zero-order valence-electron chi connectivity index (χ0n) is 17.6. The molecule has 3 rings (SSSR count). The maximum Gasteiger partial charge on any atom is 0.251 e. The van der Waals surface area contributed by atoms with Gasteiger partial charge in [0.15, 0.2) is 0 Å². The van der Waals surface area contributed by atoms with E-state index in [9.17, 15) is 4.79 Å². The molecule has 156 valence electrons. The van der Waals surface area contributed by atoms with Gasteiger partial charge >= 0.3 is 0 Å². The van der Waals surface area contributed by atoms with Crippen molar-refractivity contribution in [3.63, 3.8) is 0 Å². The third kappa shape index (κ3) is 5.84. The van der Waals surface area contributed by atoms with Crippen LogP contribution in [0.15, 0.2) is 42.6 Å². The van der Waals surface area contributed by atoms with Crippen LogP contribution >= 0.6 is 0 Å². The molecule has 7 nitrogen and oxygen atoms in total. The van der Waals surface area contributed by atoms with Crippen molar-refractivity contribution in [2.24, 2.45) is 0 Å². The minimum absolute atomic E-state index is 0.0377. The number of rotatable bonds is 8. The second-order valence-corrected chi connectivity index (χ2v) is 7.49. The Bertz CT molecular complexity index is 786. The zero-order chi connectivity index (χ0) is 20.6. The van der Waals surface area contributed by atoms with Crippen molar-refractivity contribution in [3.05, 3.63) is 48.2 Å².